The van der Waals surface area contributed by atoms with Gasteiger partial charge in [-0.15, -0.1) is 0 Å². The molecule has 0 aliphatic carbocycles. The molecule has 0 radical (unpaired) electrons. The number of hydrogen-bond acceptors (Lipinski definition) is 5. The first-order chi connectivity index (χ1) is 12.1. The van der Waals surface area contributed by atoms with E-state index in [0.717, 1.165) is 10.9 Å². The number of nitrogens with zero attached hydrogens (tertiary/aromatic N) is 3. The van der Waals surface area contributed by atoms with Gasteiger partial charge < -0.3 is 4.84 Å². The maximum Gasteiger partial charge on any atom is 0.339 e. The summed E-state index contributed by atoms with van der Waals surface area (Å²) in [5.74, 6) is -2.00. The van der Waals surface area contributed by atoms with E-state index in [4.69, 9.17) is 4.84 Å². The average Bonchev–Trinajstić information content (AvgIpc) is 3.06. The zero-order valence-electron chi connectivity index (χ0n) is 13.3. The van der Waals surface area contributed by atoms with Gasteiger partial charge in [0.1, 0.15) is 0 Å². The molecule has 3 aromatic rings. The van der Waals surface area contributed by atoms with Crippen molar-refractivity contribution in [2.75, 3.05) is 0 Å². The topological polar surface area (TPSA) is 81.5 Å². The van der Waals surface area contributed by atoms with Crippen molar-refractivity contribution in [3.8, 4) is 0 Å². The summed E-state index contributed by atoms with van der Waals surface area (Å²) in [6.07, 6.45) is -0.144. The van der Waals surface area contributed by atoms with Gasteiger partial charge in [-0.2, -0.15) is 5.10 Å². The molecule has 2 heterocycles. The van der Waals surface area contributed by atoms with Crippen LogP contribution in [0.2, 0.25) is 0 Å². The first-order valence-corrected chi connectivity index (χ1v) is 7.65. The van der Waals surface area contributed by atoms with E-state index >= 15 is 0 Å². The van der Waals surface area contributed by atoms with Gasteiger partial charge in [0, 0.05) is 12.4 Å². The Kier molecular flexibility index (Phi) is 3.35. The number of benzene rings is 2. The van der Waals surface area contributed by atoms with Crippen LogP contribution >= 0.6 is 0 Å². The van der Waals surface area contributed by atoms with Crippen molar-refractivity contribution in [2.24, 2.45) is 7.05 Å². The van der Waals surface area contributed by atoms with Crippen molar-refractivity contribution in [3.63, 3.8) is 0 Å². The van der Waals surface area contributed by atoms with Crippen LogP contribution < -0.4 is 0 Å². The minimum Gasteiger partial charge on any atom is -0.329 e. The van der Waals surface area contributed by atoms with Crippen molar-refractivity contribution in [3.05, 3.63) is 65.4 Å². The summed E-state index contributed by atoms with van der Waals surface area (Å²) in [5.41, 5.74) is 1.86. The van der Waals surface area contributed by atoms with E-state index in [9.17, 15) is 14.4 Å². The Morgan fingerprint density at radius 3 is 2.28 bits per heavy atom. The van der Waals surface area contributed by atoms with Crippen LogP contribution in [-0.4, -0.2) is 32.6 Å². The Bertz CT molecular complexity index is 1000. The lowest BCUT2D eigenvalue weighted by molar-refractivity contribution is -0.167. The normalized spacial score (nSPS) is 13.4. The van der Waals surface area contributed by atoms with Gasteiger partial charge in [-0.1, -0.05) is 35.4 Å². The Balaban J connectivity index is 1.55. The van der Waals surface area contributed by atoms with Crippen molar-refractivity contribution in [2.45, 2.75) is 6.42 Å². The highest BCUT2D eigenvalue weighted by Crippen LogP contribution is 2.23. The molecule has 1 aliphatic heterocycles. The molecule has 2 amide bonds. The van der Waals surface area contributed by atoms with Gasteiger partial charge in [-0.05, 0) is 18.2 Å². The van der Waals surface area contributed by atoms with Crippen LogP contribution in [-0.2, 0) is 23.1 Å². The standard InChI is InChI=1S/C18H13N3O4/c1-20-15-9-5-4-8-13(15)14(19-20)10-16(22)25-21-17(23)11-6-2-3-7-12(11)18(21)24/h2-9H,10H2,1H3. The summed E-state index contributed by atoms with van der Waals surface area (Å²) in [7, 11) is 1.78. The third kappa shape index (κ3) is 2.37. The average molecular weight is 335 g/mol. The maximum atomic E-state index is 12.2. The molecule has 1 aromatic heterocycles. The third-order valence-corrected chi connectivity index (χ3v) is 4.10. The molecule has 0 fully saturated rings. The lowest BCUT2D eigenvalue weighted by Crippen LogP contribution is -2.33. The summed E-state index contributed by atoms with van der Waals surface area (Å²) in [6.45, 7) is 0. The molecule has 7 nitrogen and oxygen atoms in total. The van der Waals surface area contributed by atoms with Gasteiger partial charge in [0.25, 0.3) is 11.8 Å². The second-order valence-corrected chi connectivity index (χ2v) is 5.68. The first-order valence-electron chi connectivity index (χ1n) is 7.65. The summed E-state index contributed by atoms with van der Waals surface area (Å²) >= 11 is 0. The third-order valence-electron chi connectivity index (χ3n) is 4.10. The number of hydroxylamine groups is 2. The van der Waals surface area contributed by atoms with Crippen LogP contribution in [0.4, 0.5) is 0 Å². The summed E-state index contributed by atoms with van der Waals surface area (Å²) < 4.78 is 1.67. The van der Waals surface area contributed by atoms with Crippen molar-refractivity contribution in [1.29, 1.82) is 0 Å². The predicted octanol–water partition coefficient (Wildman–Crippen LogP) is 1.87. The van der Waals surface area contributed by atoms with Crippen LogP contribution in [0.25, 0.3) is 10.9 Å². The molecule has 4 rings (SSSR count). The van der Waals surface area contributed by atoms with Gasteiger partial charge in [-0.25, -0.2) is 4.79 Å². The number of para-hydroxylation sites is 1. The maximum absolute atomic E-state index is 12.2. The molecular weight excluding hydrogens is 322 g/mol. The lowest BCUT2D eigenvalue weighted by Gasteiger charge is -2.12. The molecule has 0 bridgehead atoms. The van der Waals surface area contributed by atoms with E-state index in [1.165, 1.54) is 12.1 Å². The molecule has 1 aliphatic rings. The SMILES string of the molecule is Cn1nc(CC(=O)ON2C(=O)c3ccccc3C2=O)c2ccccc21. The fourth-order valence-corrected chi connectivity index (χ4v) is 2.94. The van der Waals surface area contributed by atoms with Gasteiger partial charge in [0.15, 0.2) is 0 Å². The summed E-state index contributed by atoms with van der Waals surface area (Å²) in [6, 6.07) is 13.8. The highest BCUT2D eigenvalue weighted by molar-refractivity contribution is 6.20. The van der Waals surface area contributed by atoms with E-state index in [1.54, 1.807) is 23.9 Å². The first kappa shape index (κ1) is 15.1. The smallest absolute Gasteiger partial charge is 0.329 e. The fraction of sp³-hybridized carbons (Fsp3) is 0.111. The molecule has 7 heteroatoms. The minimum atomic E-state index is -0.724. The van der Waals surface area contributed by atoms with Gasteiger partial charge in [-0.3, -0.25) is 14.3 Å². The van der Waals surface area contributed by atoms with Gasteiger partial charge in [0.2, 0.25) is 0 Å². The highest BCUT2D eigenvalue weighted by atomic mass is 16.7. The van der Waals surface area contributed by atoms with E-state index in [2.05, 4.69) is 5.10 Å². The quantitative estimate of drug-likeness (QED) is 0.683. The number of amides is 2. The second-order valence-electron chi connectivity index (χ2n) is 5.68. The van der Waals surface area contributed by atoms with Crippen LogP contribution in [0.15, 0.2) is 48.5 Å². The number of imide groups is 1. The molecule has 25 heavy (non-hydrogen) atoms. The molecule has 2 aromatic carbocycles. The highest BCUT2D eigenvalue weighted by Gasteiger charge is 2.38. The van der Waals surface area contributed by atoms with Crippen molar-refractivity contribution < 1.29 is 19.2 Å². The Hall–Kier alpha value is -3.48. The Morgan fingerprint density at radius 2 is 1.60 bits per heavy atom. The van der Waals surface area contributed by atoms with Crippen LogP contribution in [0, 0.1) is 0 Å². The number of hydrogen-bond donors (Lipinski definition) is 0. The fourth-order valence-electron chi connectivity index (χ4n) is 2.94. The number of fused-ring (bicyclic) bond motifs is 2. The molecule has 124 valence electrons. The molecular formula is C18H13N3O4. The number of aromatic nitrogens is 2. The van der Waals surface area contributed by atoms with Gasteiger partial charge >= 0.3 is 5.97 Å². The van der Waals surface area contributed by atoms with E-state index in [-0.39, 0.29) is 17.5 Å². The lowest BCUT2D eigenvalue weighted by atomic mass is 10.1. The second kappa shape index (κ2) is 5.55. The molecule has 0 saturated heterocycles. The summed E-state index contributed by atoms with van der Waals surface area (Å²) in [4.78, 5) is 41.7. The van der Waals surface area contributed by atoms with E-state index in [1.807, 2.05) is 24.3 Å². The molecule has 0 saturated carbocycles. The van der Waals surface area contributed by atoms with E-state index < -0.39 is 17.8 Å². The minimum absolute atomic E-state index is 0.144. The zero-order chi connectivity index (χ0) is 17.6. The van der Waals surface area contributed by atoms with Crippen molar-refractivity contribution >= 4 is 28.7 Å². The number of carbonyl (C=O) groups excluding carboxylic acids is 3. The van der Waals surface area contributed by atoms with Crippen LogP contribution in [0.5, 0.6) is 0 Å². The Labute approximate surface area is 142 Å². The molecule has 0 N–H and O–H groups in total. The molecule has 0 atom stereocenters. The predicted molar refractivity (Wildman–Crippen MR) is 87.5 cm³/mol. The Morgan fingerprint density at radius 1 is 1.00 bits per heavy atom. The number of aryl methyl sites for hydroxylation is 1. The van der Waals surface area contributed by atoms with E-state index in [0.29, 0.717) is 10.8 Å². The number of carbonyl (C=O) groups is 3. The van der Waals surface area contributed by atoms with Crippen LogP contribution in [0.1, 0.15) is 26.4 Å². The van der Waals surface area contributed by atoms with Crippen molar-refractivity contribution in [1.82, 2.24) is 14.8 Å². The summed E-state index contributed by atoms with van der Waals surface area (Å²) in [5, 5.41) is 5.64. The largest absolute Gasteiger partial charge is 0.339 e. The van der Waals surface area contributed by atoms with Crippen LogP contribution in [0.3, 0.4) is 0 Å². The number of rotatable bonds is 3. The monoisotopic (exact) mass is 335 g/mol. The molecule has 0 unspecified atom stereocenters. The van der Waals surface area contributed by atoms with Gasteiger partial charge in [0.05, 0.1) is 28.8 Å². The molecule has 0 spiro atoms. The zero-order valence-corrected chi connectivity index (χ0v) is 13.3.